The summed E-state index contributed by atoms with van der Waals surface area (Å²) < 4.78 is 0. The third-order valence-electron chi connectivity index (χ3n) is 7.94. The van der Waals surface area contributed by atoms with Gasteiger partial charge in [-0.2, -0.15) is 0 Å². The van der Waals surface area contributed by atoms with E-state index in [1.807, 2.05) is 12.4 Å². The zero-order chi connectivity index (χ0) is 25.1. The maximum atomic E-state index is 4.75. The number of benzene rings is 8. The van der Waals surface area contributed by atoms with Gasteiger partial charge < -0.3 is 0 Å². The Morgan fingerprint density at radius 3 is 1.13 bits per heavy atom. The van der Waals surface area contributed by atoms with Crippen LogP contribution < -0.4 is 0 Å². The van der Waals surface area contributed by atoms with Gasteiger partial charge in [0.1, 0.15) is 0 Å². The number of aliphatic imine (C=N–C) groups is 2. The molecule has 0 heterocycles. The number of hydrogen-bond donors (Lipinski definition) is 0. The van der Waals surface area contributed by atoms with E-state index in [1.54, 1.807) is 0 Å². The zero-order valence-corrected chi connectivity index (χ0v) is 20.9. The minimum atomic E-state index is 0.657. The van der Waals surface area contributed by atoms with Crippen molar-refractivity contribution in [1.82, 2.24) is 0 Å². The van der Waals surface area contributed by atoms with Crippen LogP contribution in [0.1, 0.15) is 11.1 Å². The highest BCUT2D eigenvalue weighted by Crippen LogP contribution is 2.36. The van der Waals surface area contributed by atoms with Gasteiger partial charge in [0.15, 0.2) is 0 Å². The molecule has 2 nitrogen and oxygen atoms in total. The van der Waals surface area contributed by atoms with E-state index in [1.165, 1.54) is 64.6 Å². The first-order chi connectivity index (χ1) is 18.8. The second-order valence-electron chi connectivity index (χ2n) is 10.1. The molecule has 0 saturated heterocycles. The van der Waals surface area contributed by atoms with Gasteiger partial charge in [0.2, 0.25) is 0 Å². The van der Waals surface area contributed by atoms with Crippen LogP contribution in [0.25, 0.3) is 64.6 Å². The van der Waals surface area contributed by atoms with Gasteiger partial charge in [-0.05, 0) is 64.6 Å². The molecule has 8 aromatic rings. The van der Waals surface area contributed by atoms with Crippen LogP contribution in [-0.2, 0) is 0 Å². The molecule has 0 N–H and O–H groups in total. The molecular formula is C36H24N2. The van der Waals surface area contributed by atoms with Crippen molar-refractivity contribution < 1.29 is 0 Å². The summed E-state index contributed by atoms with van der Waals surface area (Å²) in [7, 11) is 0. The van der Waals surface area contributed by atoms with Crippen molar-refractivity contribution in [3.8, 4) is 0 Å². The Labute approximate surface area is 220 Å². The topological polar surface area (TPSA) is 24.7 Å². The van der Waals surface area contributed by atoms with E-state index in [9.17, 15) is 0 Å². The van der Waals surface area contributed by atoms with Gasteiger partial charge in [-0.15, -0.1) is 0 Å². The van der Waals surface area contributed by atoms with Crippen LogP contribution in [-0.4, -0.2) is 25.5 Å². The molecule has 0 spiro atoms. The van der Waals surface area contributed by atoms with E-state index < -0.39 is 0 Å². The lowest BCUT2D eigenvalue weighted by molar-refractivity contribution is 0.985. The summed E-state index contributed by atoms with van der Waals surface area (Å²) in [5.41, 5.74) is 2.32. The average molecular weight is 485 g/mol. The van der Waals surface area contributed by atoms with Crippen molar-refractivity contribution in [3.05, 3.63) is 120 Å². The summed E-state index contributed by atoms with van der Waals surface area (Å²) in [6.07, 6.45) is 4.02. The van der Waals surface area contributed by atoms with Gasteiger partial charge in [-0.3, -0.25) is 9.98 Å². The molecule has 178 valence electrons. The monoisotopic (exact) mass is 484 g/mol. The molecule has 0 aliphatic rings. The smallest absolute Gasteiger partial charge is 0.0585 e. The SMILES string of the molecule is C(=NCCN=Cc1ccc2ccc3cccc4ccc1c2c34)c1ccc2ccc3cccc4ccc1c2c34. The van der Waals surface area contributed by atoms with Crippen LogP contribution in [0.4, 0.5) is 0 Å². The molecule has 0 aliphatic heterocycles. The molecule has 0 radical (unpaired) electrons. The first-order valence-electron chi connectivity index (χ1n) is 13.2. The van der Waals surface area contributed by atoms with Crippen molar-refractivity contribution >= 4 is 77.1 Å². The van der Waals surface area contributed by atoms with Gasteiger partial charge in [0.05, 0.1) is 13.1 Å². The minimum absolute atomic E-state index is 0.657. The second-order valence-corrected chi connectivity index (χ2v) is 10.1. The number of nitrogens with zero attached hydrogens (tertiary/aromatic N) is 2. The van der Waals surface area contributed by atoms with E-state index in [-0.39, 0.29) is 0 Å². The van der Waals surface area contributed by atoms with Crippen LogP contribution in [0.2, 0.25) is 0 Å². The van der Waals surface area contributed by atoms with Crippen LogP contribution in [0, 0.1) is 0 Å². The van der Waals surface area contributed by atoms with E-state index in [0.717, 1.165) is 11.1 Å². The van der Waals surface area contributed by atoms with Crippen molar-refractivity contribution in [3.63, 3.8) is 0 Å². The normalized spacial score (nSPS) is 12.7. The lowest BCUT2D eigenvalue weighted by atomic mass is 9.92. The van der Waals surface area contributed by atoms with Gasteiger partial charge in [-0.25, -0.2) is 0 Å². The van der Waals surface area contributed by atoms with Crippen molar-refractivity contribution in [2.45, 2.75) is 0 Å². The first kappa shape index (κ1) is 21.3. The molecule has 0 saturated carbocycles. The molecule has 0 fully saturated rings. The standard InChI is InChI=1S/C36H24N2/c1-3-23-7-9-27-11-13-29(31-17-15-25(5-1)33(23)35(27)31)21-37-19-20-38-22-30-14-12-28-10-8-24-4-2-6-26-16-18-32(30)36(28)34(24)26/h1-18,21-22H,19-20H2. The molecular weight excluding hydrogens is 460 g/mol. The highest BCUT2D eigenvalue weighted by molar-refractivity contribution is 6.26. The van der Waals surface area contributed by atoms with Crippen LogP contribution in [0.3, 0.4) is 0 Å². The number of rotatable bonds is 5. The summed E-state index contributed by atoms with van der Waals surface area (Å²) >= 11 is 0. The van der Waals surface area contributed by atoms with E-state index >= 15 is 0 Å². The zero-order valence-electron chi connectivity index (χ0n) is 20.9. The Hall–Kier alpha value is -4.82. The maximum Gasteiger partial charge on any atom is 0.0585 e. The molecule has 38 heavy (non-hydrogen) atoms. The van der Waals surface area contributed by atoms with Gasteiger partial charge in [-0.1, -0.05) is 109 Å². The Morgan fingerprint density at radius 2 is 0.711 bits per heavy atom. The van der Waals surface area contributed by atoms with Crippen molar-refractivity contribution in [2.24, 2.45) is 9.98 Å². The van der Waals surface area contributed by atoms with Gasteiger partial charge in [0.25, 0.3) is 0 Å². The highest BCUT2D eigenvalue weighted by atomic mass is 14.8. The Morgan fingerprint density at radius 1 is 0.368 bits per heavy atom. The van der Waals surface area contributed by atoms with Crippen LogP contribution in [0.5, 0.6) is 0 Å². The Kier molecular flexibility index (Phi) is 4.68. The highest BCUT2D eigenvalue weighted by Gasteiger charge is 2.11. The second kappa shape index (κ2) is 8.36. The molecule has 0 atom stereocenters. The number of hydrogen-bond acceptors (Lipinski definition) is 2. The largest absolute Gasteiger partial charge is 0.291 e. The fraction of sp³-hybridized carbons (Fsp3) is 0.0556. The fourth-order valence-electron chi connectivity index (χ4n) is 6.18. The molecule has 0 aliphatic carbocycles. The van der Waals surface area contributed by atoms with Crippen molar-refractivity contribution in [1.29, 1.82) is 0 Å². The van der Waals surface area contributed by atoms with E-state index in [4.69, 9.17) is 9.98 Å². The van der Waals surface area contributed by atoms with E-state index in [2.05, 4.69) is 109 Å². The summed E-state index contributed by atoms with van der Waals surface area (Å²) in [5.74, 6) is 0. The Bertz CT molecular complexity index is 2000. The summed E-state index contributed by atoms with van der Waals surface area (Å²) in [4.78, 5) is 9.49. The minimum Gasteiger partial charge on any atom is -0.291 e. The summed E-state index contributed by atoms with van der Waals surface area (Å²) in [6.45, 7) is 1.31. The van der Waals surface area contributed by atoms with Crippen LogP contribution >= 0.6 is 0 Å². The lowest BCUT2D eigenvalue weighted by Gasteiger charge is -2.12. The van der Waals surface area contributed by atoms with Crippen molar-refractivity contribution in [2.75, 3.05) is 13.1 Å². The van der Waals surface area contributed by atoms with E-state index in [0.29, 0.717) is 13.1 Å². The van der Waals surface area contributed by atoms with Crippen LogP contribution in [0.15, 0.2) is 119 Å². The fourth-order valence-corrected chi connectivity index (χ4v) is 6.18. The average Bonchev–Trinajstić information content (AvgIpc) is 2.97. The van der Waals surface area contributed by atoms with Gasteiger partial charge >= 0.3 is 0 Å². The molecule has 0 bridgehead atoms. The molecule has 0 amide bonds. The molecule has 0 unspecified atom stereocenters. The Balaban J connectivity index is 1.07. The predicted octanol–water partition coefficient (Wildman–Crippen LogP) is 9.02. The lowest BCUT2D eigenvalue weighted by Crippen LogP contribution is -1.93. The molecule has 0 aromatic heterocycles. The third kappa shape index (κ3) is 3.20. The molecule has 8 rings (SSSR count). The predicted molar refractivity (Wildman–Crippen MR) is 165 cm³/mol. The summed E-state index contributed by atoms with van der Waals surface area (Å²) in [6, 6.07) is 39.6. The first-order valence-corrected chi connectivity index (χ1v) is 13.2. The third-order valence-corrected chi connectivity index (χ3v) is 7.94. The summed E-state index contributed by atoms with van der Waals surface area (Å²) in [5, 5.41) is 15.6. The molecule has 2 heteroatoms. The maximum absolute atomic E-state index is 4.75. The van der Waals surface area contributed by atoms with Gasteiger partial charge in [0, 0.05) is 23.6 Å². The quantitative estimate of drug-likeness (QED) is 0.132. The molecule has 8 aromatic carbocycles.